The quantitative estimate of drug-likeness (QED) is 0.188. The molecule has 2 aromatic heterocycles. The van der Waals surface area contributed by atoms with E-state index in [0.717, 1.165) is 29.0 Å². The van der Waals surface area contributed by atoms with Crippen molar-refractivity contribution >= 4 is 52.0 Å². The molecule has 14 nitrogen and oxygen atoms in total. The zero-order valence-electron chi connectivity index (χ0n) is 26.2. The van der Waals surface area contributed by atoms with Crippen LogP contribution in [0.4, 0.5) is 0 Å². The molecular weight excluding hydrogens is 574 g/mol. The summed E-state index contributed by atoms with van der Waals surface area (Å²) >= 11 is 5.63. The van der Waals surface area contributed by atoms with Crippen LogP contribution in [0.25, 0.3) is 11.0 Å². The van der Waals surface area contributed by atoms with Crippen LogP contribution >= 0.6 is 11.6 Å². The van der Waals surface area contributed by atoms with Crippen LogP contribution in [0.3, 0.4) is 0 Å². The first-order chi connectivity index (χ1) is 19.7. The number of para-hydroxylation sites is 1. The molecule has 0 radical (unpaired) electrons. The minimum Gasteiger partial charge on any atom is -0.469 e. The van der Waals surface area contributed by atoms with E-state index < -0.39 is 0 Å². The maximum atomic E-state index is 9.59. The number of aliphatic hydroxyl groups excluding tert-OH is 1. The fourth-order valence-corrected chi connectivity index (χ4v) is 1.71. The molecule has 15 heteroatoms. The highest BCUT2D eigenvalue weighted by Gasteiger charge is 2.01. The van der Waals surface area contributed by atoms with E-state index in [1.54, 1.807) is 24.7 Å². The van der Waals surface area contributed by atoms with E-state index >= 15 is 0 Å². The van der Waals surface area contributed by atoms with Crippen LogP contribution in [-0.2, 0) is 40.1 Å². The number of halogens is 1. The molecule has 1 aromatic carbocycles. The lowest BCUT2D eigenvalue weighted by Crippen LogP contribution is -1.98. The fourth-order valence-electron chi connectivity index (χ4n) is 1.65. The van der Waals surface area contributed by atoms with Crippen LogP contribution in [0.2, 0.25) is 0 Å². The highest BCUT2D eigenvalue weighted by atomic mass is 35.5. The monoisotopic (exact) mass is 617 g/mol. The van der Waals surface area contributed by atoms with Gasteiger partial charge in [-0.2, -0.15) is 0 Å². The number of esters is 3. The number of ether oxygens (including phenoxy) is 3. The van der Waals surface area contributed by atoms with Crippen molar-refractivity contribution < 1.29 is 42.9 Å². The lowest BCUT2D eigenvalue weighted by atomic mass is 10.3. The Hall–Kier alpha value is -4.17. The van der Waals surface area contributed by atoms with Gasteiger partial charge in [-0.15, -0.1) is 5.10 Å². The third-order valence-electron chi connectivity index (χ3n) is 3.44. The number of carbonyl (C=O) groups is 4. The second-order valence-corrected chi connectivity index (χ2v) is 7.55. The minimum absolute atomic E-state index is 0.245. The molecule has 3 rings (SSSR count). The van der Waals surface area contributed by atoms with E-state index in [1.807, 2.05) is 38.1 Å². The molecule has 2 heterocycles. The molecular formula is C27H44ClN5O9. The number of rotatable bonds is 2. The van der Waals surface area contributed by atoms with E-state index in [2.05, 4.69) is 34.5 Å². The normalized spacial score (nSPS) is 8.83. The van der Waals surface area contributed by atoms with E-state index in [1.165, 1.54) is 49.0 Å². The number of carbonyl (C=O) groups excluding carboxylic acids is 4. The number of aliphatic imine (C=N–C) groups is 1. The van der Waals surface area contributed by atoms with Crippen LogP contribution in [0.15, 0.2) is 39.9 Å². The van der Waals surface area contributed by atoms with Crippen molar-refractivity contribution in [1.29, 1.82) is 0 Å². The van der Waals surface area contributed by atoms with Gasteiger partial charge in [0.05, 0.1) is 38.2 Å². The first kappa shape index (κ1) is 44.8. The molecule has 238 valence electrons. The van der Waals surface area contributed by atoms with Crippen molar-refractivity contribution in [1.82, 2.24) is 20.0 Å². The number of hydrogen-bond acceptors (Lipinski definition) is 13. The van der Waals surface area contributed by atoms with Gasteiger partial charge < -0.3 is 28.5 Å². The smallest absolute Gasteiger partial charge is 0.302 e. The maximum absolute atomic E-state index is 9.59. The molecule has 0 saturated carbocycles. The van der Waals surface area contributed by atoms with Gasteiger partial charge in [-0.25, -0.2) is 9.67 Å². The standard InChI is InChI=1S/C9H9ClN4.C5H7NO.3C3H6O2.C2H6O.C2H4O/c1-7(10)11-6-14-9-5-3-2-4-8(9)12-13-14;1-4-3-6-5(2)7-4;3*1-3(4)5-2;2*1-2-3/h2-5H,6H2,1H3;3H,1-2H3;3*1-2H3;3H,2H2,1H3;2H,1H3. The van der Waals surface area contributed by atoms with Gasteiger partial charge in [0.2, 0.25) is 0 Å². The van der Waals surface area contributed by atoms with Crippen molar-refractivity contribution in [3.63, 3.8) is 0 Å². The zero-order chi connectivity index (χ0) is 33.5. The largest absolute Gasteiger partial charge is 0.469 e. The van der Waals surface area contributed by atoms with Gasteiger partial charge in [0.1, 0.15) is 24.2 Å². The van der Waals surface area contributed by atoms with Crippen LogP contribution in [0, 0.1) is 13.8 Å². The molecule has 0 spiro atoms. The second kappa shape index (κ2) is 31.4. The third kappa shape index (κ3) is 33.9. The van der Waals surface area contributed by atoms with Crippen LogP contribution in [0.5, 0.6) is 0 Å². The number of oxazole rings is 1. The SMILES string of the molecule is CC(Cl)=NCn1nnc2ccccc21.CC=O.CCO.COC(C)=O.COC(C)=O.COC(C)=O.Cc1cnc(C)o1. The Bertz CT molecular complexity index is 1090. The Kier molecular flexibility index (Phi) is 33.5. The Balaban J connectivity index is -0.000000221. The predicted octanol–water partition coefficient (Wildman–Crippen LogP) is 4.08. The summed E-state index contributed by atoms with van der Waals surface area (Å²) in [6.07, 6.45) is 2.45. The van der Waals surface area contributed by atoms with Gasteiger partial charge in [0, 0.05) is 34.3 Å². The Morgan fingerprint density at radius 3 is 1.69 bits per heavy atom. The number of methoxy groups -OCH3 is 3. The third-order valence-corrected chi connectivity index (χ3v) is 3.56. The van der Waals surface area contributed by atoms with Gasteiger partial charge in [0.25, 0.3) is 0 Å². The highest BCUT2D eigenvalue weighted by Crippen LogP contribution is 2.09. The molecule has 3 aromatic rings. The minimum atomic E-state index is -0.245. The highest BCUT2D eigenvalue weighted by molar-refractivity contribution is 6.64. The number of fused-ring (bicyclic) bond motifs is 1. The van der Waals surface area contributed by atoms with Crippen LogP contribution in [0.1, 0.15) is 53.2 Å². The first-order valence-corrected chi connectivity index (χ1v) is 12.6. The molecule has 0 bridgehead atoms. The number of aryl methyl sites for hydroxylation is 2. The first-order valence-electron chi connectivity index (χ1n) is 12.2. The summed E-state index contributed by atoms with van der Waals surface area (Å²) in [7, 11) is 4.05. The Morgan fingerprint density at radius 2 is 1.40 bits per heavy atom. The van der Waals surface area contributed by atoms with Gasteiger partial charge in [-0.3, -0.25) is 19.4 Å². The van der Waals surface area contributed by atoms with E-state index in [0.29, 0.717) is 11.8 Å². The van der Waals surface area contributed by atoms with Gasteiger partial charge in [-0.1, -0.05) is 28.9 Å². The summed E-state index contributed by atoms with van der Waals surface area (Å²) in [6, 6.07) is 7.74. The van der Waals surface area contributed by atoms with Crippen molar-refractivity contribution in [2.45, 2.75) is 62.1 Å². The molecule has 0 aliphatic heterocycles. The lowest BCUT2D eigenvalue weighted by Gasteiger charge is -1.96. The van der Waals surface area contributed by atoms with Gasteiger partial charge in [-0.05, 0) is 39.8 Å². The van der Waals surface area contributed by atoms with Crippen molar-refractivity contribution in [3.05, 3.63) is 42.1 Å². The number of nitrogens with zero attached hydrogens (tertiary/aromatic N) is 5. The molecule has 0 unspecified atom stereocenters. The summed E-state index contributed by atoms with van der Waals surface area (Å²) in [4.78, 5) is 45.5. The number of aldehydes is 1. The number of benzene rings is 1. The molecule has 0 atom stereocenters. The van der Waals surface area contributed by atoms with Crippen LogP contribution in [-0.4, -0.2) is 82.4 Å². The summed E-state index contributed by atoms with van der Waals surface area (Å²) in [5, 5.41) is 16.1. The maximum Gasteiger partial charge on any atom is 0.302 e. The Labute approximate surface area is 252 Å². The average molecular weight is 618 g/mol. The zero-order valence-corrected chi connectivity index (χ0v) is 27.0. The number of aliphatic hydroxyl groups is 1. The predicted molar refractivity (Wildman–Crippen MR) is 160 cm³/mol. The molecule has 0 fully saturated rings. The lowest BCUT2D eigenvalue weighted by molar-refractivity contribution is -0.138. The van der Waals surface area contributed by atoms with E-state index in [4.69, 9.17) is 25.9 Å². The van der Waals surface area contributed by atoms with E-state index in [-0.39, 0.29) is 24.5 Å². The summed E-state index contributed by atoms with van der Waals surface area (Å²) in [5.74, 6) is 0.870. The molecule has 0 aliphatic rings. The Morgan fingerprint density at radius 1 is 1.00 bits per heavy atom. The van der Waals surface area contributed by atoms with Gasteiger partial charge >= 0.3 is 17.9 Å². The van der Waals surface area contributed by atoms with Crippen molar-refractivity contribution in [2.75, 3.05) is 27.9 Å². The summed E-state index contributed by atoms with van der Waals surface area (Å²) in [6.45, 7) is 13.3. The fraction of sp³-hybridized carbons (Fsp3) is 0.481. The van der Waals surface area contributed by atoms with Gasteiger partial charge in [0.15, 0.2) is 5.89 Å². The second-order valence-electron chi connectivity index (χ2n) is 7.00. The number of hydrogen-bond donors (Lipinski definition) is 1. The average Bonchev–Trinajstić information content (AvgIpc) is 3.54. The molecule has 0 amide bonds. The molecule has 42 heavy (non-hydrogen) atoms. The molecule has 0 saturated heterocycles. The molecule has 1 N–H and O–H groups in total. The van der Waals surface area contributed by atoms with E-state index in [9.17, 15) is 14.4 Å². The van der Waals surface area contributed by atoms with Crippen molar-refractivity contribution in [3.8, 4) is 0 Å². The topological polar surface area (TPSA) is 185 Å². The summed E-state index contributed by atoms with van der Waals surface area (Å²) in [5.41, 5.74) is 1.84. The summed E-state index contributed by atoms with van der Waals surface area (Å²) < 4.78 is 19.0. The van der Waals surface area contributed by atoms with Crippen LogP contribution < -0.4 is 0 Å². The van der Waals surface area contributed by atoms with Crippen molar-refractivity contribution in [2.24, 2.45) is 4.99 Å². The molecule has 0 aliphatic carbocycles. The number of aromatic nitrogens is 4.